The van der Waals surface area contributed by atoms with Gasteiger partial charge in [0.05, 0.1) is 4.92 Å². The van der Waals surface area contributed by atoms with E-state index in [1.807, 2.05) is 4.90 Å². The summed E-state index contributed by atoms with van der Waals surface area (Å²) >= 11 is 0. The molecule has 102 valence electrons. The molecule has 2 rings (SSSR count). The number of aryl methyl sites for hydroxylation is 1. The van der Waals surface area contributed by atoms with Crippen LogP contribution in [-0.4, -0.2) is 28.8 Å². The molecule has 1 heterocycles. The average Bonchev–Trinajstić information content (AvgIpc) is 2.84. The van der Waals surface area contributed by atoms with E-state index in [1.165, 1.54) is 6.07 Å². The number of hydrogen-bond acceptors (Lipinski definition) is 4. The third kappa shape index (κ3) is 2.73. The molecule has 1 aromatic carbocycles. The molecule has 0 aliphatic carbocycles. The molecule has 1 atom stereocenters. The van der Waals surface area contributed by atoms with Crippen molar-refractivity contribution in [3.8, 4) is 0 Å². The Balaban J connectivity index is 2.39. The molecule has 1 aliphatic heterocycles. The van der Waals surface area contributed by atoms with E-state index in [4.69, 9.17) is 5.73 Å². The van der Waals surface area contributed by atoms with Crippen molar-refractivity contribution in [1.82, 2.24) is 4.90 Å². The maximum Gasteiger partial charge on any atom is 0.272 e. The van der Waals surface area contributed by atoms with Crippen LogP contribution in [0.1, 0.15) is 30.0 Å². The Kier molecular flexibility index (Phi) is 3.80. The number of nitrogens with two attached hydrogens (primary N) is 1. The summed E-state index contributed by atoms with van der Waals surface area (Å²) in [5, 5.41) is 11.0. The number of hydrogen-bond donors (Lipinski definition) is 1. The van der Waals surface area contributed by atoms with Crippen LogP contribution >= 0.6 is 0 Å². The van der Waals surface area contributed by atoms with E-state index in [9.17, 15) is 14.9 Å². The van der Waals surface area contributed by atoms with Gasteiger partial charge in [-0.1, -0.05) is 12.1 Å². The minimum Gasteiger partial charge on any atom is -0.368 e. The second kappa shape index (κ2) is 5.36. The Hall–Kier alpha value is -1.95. The highest BCUT2D eigenvalue weighted by atomic mass is 16.6. The van der Waals surface area contributed by atoms with Gasteiger partial charge in [-0.25, -0.2) is 0 Å². The predicted octanol–water partition coefficient (Wildman–Crippen LogP) is 1.53. The highest BCUT2D eigenvalue weighted by Crippen LogP contribution is 2.29. The molecule has 1 saturated heterocycles. The number of primary amides is 1. The lowest BCUT2D eigenvalue weighted by Crippen LogP contribution is -2.36. The maximum absolute atomic E-state index is 11.7. The van der Waals surface area contributed by atoms with Crippen LogP contribution in [-0.2, 0) is 4.79 Å². The van der Waals surface area contributed by atoms with Crippen molar-refractivity contribution in [2.75, 3.05) is 13.1 Å². The van der Waals surface area contributed by atoms with Gasteiger partial charge >= 0.3 is 0 Å². The highest BCUT2D eigenvalue weighted by Gasteiger charge is 2.29. The number of likely N-dealkylation sites (tertiary alicyclic amines) is 1. The molecule has 0 bridgehead atoms. The average molecular weight is 263 g/mol. The molecular formula is C13H17N3O3. The zero-order chi connectivity index (χ0) is 14.0. The third-order valence-electron chi connectivity index (χ3n) is 3.52. The minimum absolute atomic E-state index is 0.0305. The summed E-state index contributed by atoms with van der Waals surface area (Å²) in [6.45, 7) is 3.28. The minimum atomic E-state index is -0.568. The molecule has 1 aromatic rings. The van der Waals surface area contributed by atoms with E-state index in [0.717, 1.165) is 25.9 Å². The zero-order valence-electron chi connectivity index (χ0n) is 10.8. The lowest BCUT2D eigenvalue weighted by molar-refractivity contribution is -0.385. The number of nitrogens with zero attached hydrogens (tertiary/aromatic N) is 2. The van der Waals surface area contributed by atoms with E-state index in [0.29, 0.717) is 11.1 Å². The van der Waals surface area contributed by atoms with Gasteiger partial charge in [0.1, 0.15) is 6.04 Å². The summed E-state index contributed by atoms with van der Waals surface area (Å²) in [5.74, 6) is -0.458. The lowest BCUT2D eigenvalue weighted by Gasteiger charge is -2.24. The number of carbonyl (C=O) groups is 1. The fraction of sp³-hybridized carbons (Fsp3) is 0.462. The van der Waals surface area contributed by atoms with Gasteiger partial charge in [-0.05, 0) is 38.4 Å². The first-order valence-corrected chi connectivity index (χ1v) is 6.29. The van der Waals surface area contributed by atoms with Crippen molar-refractivity contribution in [3.05, 3.63) is 39.4 Å². The van der Waals surface area contributed by atoms with Crippen LogP contribution in [0.4, 0.5) is 5.69 Å². The number of carbonyl (C=O) groups excluding carboxylic acids is 1. The topological polar surface area (TPSA) is 89.5 Å². The van der Waals surface area contributed by atoms with Crippen LogP contribution in [0, 0.1) is 17.0 Å². The molecule has 6 heteroatoms. The standard InChI is InChI=1S/C13H17N3O3/c1-9-4-5-10(8-11(9)16(18)19)12(13(14)17)15-6-2-3-7-15/h4-5,8,12H,2-3,6-7H2,1H3,(H2,14,17). The Morgan fingerprint density at radius 2 is 2.05 bits per heavy atom. The van der Waals surface area contributed by atoms with Crippen LogP contribution in [0.25, 0.3) is 0 Å². The van der Waals surface area contributed by atoms with E-state index >= 15 is 0 Å². The molecule has 0 aromatic heterocycles. The SMILES string of the molecule is Cc1ccc(C(C(N)=O)N2CCCC2)cc1[N+](=O)[O-]. The van der Waals surface area contributed by atoms with Gasteiger partial charge in [-0.2, -0.15) is 0 Å². The van der Waals surface area contributed by atoms with E-state index in [-0.39, 0.29) is 5.69 Å². The van der Waals surface area contributed by atoms with Crippen LogP contribution < -0.4 is 5.73 Å². The van der Waals surface area contributed by atoms with Crippen molar-refractivity contribution in [2.45, 2.75) is 25.8 Å². The maximum atomic E-state index is 11.7. The fourth-order valence-electron chi connectivity index (χ4n) is 2.55. The molecule has 2 N–H and O–H groups in total. The summed E-state index contributed by atoms with van der Waals surface area (Å²) in [6.07, 6.45) is 2.05. The summed E-state index contributed by atoms with van der Waals surface area (Å²) in [6, 6.07) is 4.31. The number of rotatable bonds is 4. The molecule has 6 nitrogen and oxygen atoms in total. The van der Waals surface area contributed by atoms with Crippen molar-refractivity contribution < 1.29 is 9.72 Å². The molecule has 19 heavy (non-hydrogen) atoms. The zero-order valence-corrected chi connectivity index (χ0v) is 10.8. The van der Waals surface area contributed by atoms with Crippen molar-refractivity contribution in [2.24, 2.45) is 5.73 Å². The van der Waals surface area contributed by atoms with Gasteiger partial charge in [-0.15, -0.1) is 0 Å². The van der Waals surface area contributed by atoms with Crippen LogP contribution in [0.15, 0.2) is 18.2 Å². The first-order chi connectivity index (χ1) is 9.00. The Bertz CT molecular complexity index is 510. The molecule has 1 unspecified atom stereocenters. The highest BCUT2D eigenvalue weighted by molar-refractivity contribution is 5.81. The molecule has 0 spiro atoms. The quantitative estimate of drug-likeness (QED) is 0.658. The molecule has 1 fully saturated rings. The van der Waals surface area contributed by atoms with Gasteiger partial charge in [0, 0.05) is 11.6 Å². The Labute approximate surface area is 111 Å². The second-order valence-corrected chi connectivity index (χ2v) is 4.85. The number of benzene rings is 1. The summed E-state index contributed by atoms with van der Waals surface area (Å²) in [4.78, 5) is 24.2. The summed E-state index contributed by atoms with van der Waals surface area (Å²) in [5.41, 5.74) is 6.68. The second-order valence-electron chi connectivity index (χ2n) is 4.85. The van der Waals surface area contributed by atoms with Crippen molar-refractivity contribution >= 4 is 11.6 Å². The van der Waals surface area contributed by atoms with Gasteiger partial charge in [0.2, 0.25) is 5.91 Å². The number of nitro benzene ring substituents is 1. The Morgan fingerprint density at radius 1 is 1.42 bits per heavy atom. The molecular weight excluding hydrogens is 246 g/mol. The smallest absolute Gasteiger partial charge is 0.272 e. The first kappa shape index (κ1) is 13.5. The number of amides is 1. The summed E-state index contributed by atoms with van der Waals surface area (Å²) in [7, 11) is 0. The fourth-order valence-corrected chi connectivity index (χ4v) is 2.55. The van der Waals surface area contributed by atoms with Crippen LogP contribution in [0.5, 0.6) is 0 Å². The molecule has 1 aliphatic rings. The van der Waals surface area contributed by atoms with Crippen LogP contribution in [0.2, 0.25) is 0 Å². The summed E-state index contributed by atoms with van der Waals surface area (Å²) < 4.78 is 0. The van der Waals surface area contributed by atoms with Gasteiger partial charge in [0.25, 0.3) is 5.69 Å². The van der Waals surface area contributed by atoms with E-state index in [2.05, 4.69) is 0 Å². The van der Waals surface area contributed by atoms with Crippen LogP contribution in [0.3, 0.4) is 0 Å². The van der Waals surface area contributed by atoms with Crippen molar-refractivity contribution in [1.29, 1.82) is 0 Å². The first-order valence-electron chi connectivity index (χ1n) is 6.29. The van der Waals surface area contributed by atoms with Gasteiger partial charge in [0.15, 0.2) is 0 Å². The largest absolute Gasteiger partial charge is 0.368 e. The van der Waals surface area contributed by atoms with E-state index < -0.39 is 16.9 Å². The van der Waals surface area contributed by atoms with Crippen molar-refractivity contribution in [3.63, 3.8) is 0 Å². The lowest BCUT2D eigenvalue weighted by atomic mass is 10.0. The Morgan fingerprint density at radius 3 is 2.58 bits per heavy atom. The van der Waals surface area contributed by atoms with Gasteiger partial charge < -0.3 is 5.73 Å². The normalized spacial score (nSPS) is 17.3. The molecule has 1 amide bonds. The predicted molar refractivity (Wildman–Crippen MR) is 70.6 cm³/mol. The number of nitro groups is 1. The van der Waals surface area contributed by atoms with Gasteiger partial charge in [-0.3, -0.25) is 19.8 Å². The molecule has 0 saturated carbocycles. The third-order valence-corrected chi connectivity index (χ3v) is 3.52. The molecule has 0 radical (unpaired) electrons. The monoisotopic (exact) mass is 263 g/mol. The van der Waals surface area contributed by atoms with E-state index in [1.54, 1.807) is 19.1 Å².